The number of aromatic nitrogens is 2. The van der Waals surface area contributed by atoms with Gasteiger partial charge in [-0.15, -0.1) is 0 Å². The Labute approximate surface area is 82.7 Å². The Kier molecular flexibility index (Phi) is 4.71. The molecule has 1 aromatic rings. The van der Waals surface area contributed by atoms with Crippen LogP contribution in [0.5, 0.6) is 0 Å². The van der Waals surface area contributed by atoms with Crippen molar-refractivity contribution < 1.29 is 0 Å². The smallest absolute Gasteiger partial charge is 0.252 e. The molecule has 0 radical (unpaired) electrons. The summed E-state index contributed by atoms with van der Waals surface area (Å²) >= 11 is 0. The van der Waals surface area contributed by atoms with E-state index in [0.717, 1.165) is 32.4 Å². The first-order chi connectivity index (χ1) is 6.83. The molecule has 0 aliphatic heterocycles. The highest BCUT2D eigenvalue weighted by molar-refractivity contribution is 5.31. The monoisotopic (exact) mass is 196 g/mol. The van der Waals surface area contributed by atoms with Crippen LogP contribution in [0.1, 0.15) is 19.3 Å². The number of aromatic amines is 1. The van der Waals surface area contributed by atoms with Crippen molar-refractivity contribution in [2.45, 2.75) is 19.3 Å². The van der Waals surface area contributed by atoms with Crippen LogP contribution in [0.25, 0.3) is 0 Å². The molecule has 0 saturated carbocycles. The van der Waals surface area contributed by atoms with Crippen LogP contribution in [-0.2, 0) is 0 Å². The molecule has 78 valence electrons. The Morgan fingerprint density at radius 3 is 3.00 bits per heavy atom. The van der Waals surface area contributed by atoms with Crippen LogP contribution in [0.15, 0.2) is 17.2 Å². The lowest BCUT2D eigenvalue weighted by Crippen LogP contribution is -2.10. The maximum atomic E-state index is 10.9. The number of hydrogen-bond donors (Lipinski definition) is 3. The van der Waals surface area contributed by atoms with E-state index in [2.05, 4.69) is 15.3 Å². The fraction of sp³-hybridized carbons (Fsp3) is 0.556. The first-order valence-electron chi connectivity index (χ1n) is 4.81. The van der Waals surface area contributed by atoms with Crippen molar-refractivity contribution >= 4 is 5.82 Å². The second-order valence-electron chi connectivity index (χ2n) is 3.07. The summed E-state index contributed by atoms with van der Waals surface area (Å²) in [6.45, 7) is 1.57. The molecule has 5 heteroatoms. The van der Waals surface area contributed by atoms with E-state index in [1.807, 2.05) is 0 Å². The molecular formula is C9H16N4O. The van der Waals surface area contributed by atoms with E-state index in [4.69, 9.17) is 5.73 Å². The number of rotatable bonds is 6. The number of hydrogen-bond acceptors (Lipinski definition) is 4. The molecule has 0 unspecified atom stereocenters. The van der Waals surface area contributed by atoms with E-state index in [1.165, 1.54) is 12.4 Å². The van der Waals surface area contributed by atoms with Crippen LogP contribution < -0.4 is 16.6 Å². The summed E-state index contributed by atoms with van der Waals surface area (Å²) in [6.07, 6.45) is 4.59. The van der Waals surface area contributed by atoms with Crippen LogP contribution in [-0.4, -0.2) is 23.1 Å². The Morgan fingerprint density at radius 1 is 1.43 bits per heavy atom. The third kappa shape index (κ3) is 4.04. The molecule has 1 heterocycles. The van der Waals surface area contributed by atoms with Gasteiger partial charge in [0.15, 0.2) is 0 Å². The average molecular weight is 196 g/mol. The van der Waals surface area contributed by atoms with E-state index in [1.54, 1.807) is 0 Å². The number of unbranched alkanes of at least 4 members (excludes halogenated alkanes) is 2. The second kappa shape index (κ2) is 6.15. The molecule has 0 spiro atoms. The maximum absolute atomic E-state index is 10.9. The lowest BCUT2D eigenvalue weighted by atomic mass is 10.2. The average Bonchev–Trinajstić information content (AvgIpc) is 2.18. The molecule has 0 amide bonds. The van der Waals surface area contributed by atoms with Crippen molar-refractivity contribution in [2.75, 3.05) is 18.4 Å². The number of H-pyrrole nitrogens is 1. The minimum absolute atomic E-state index is 0.135. The third-order valence-corrected chi connectivity index (χ3v) is 1.87. The summed E-state index contributed by atoms with van der Waals surface area (Å²) in [5, 5.41) is 3.07. The zero-order valence-corrected chi connectivity index (χ0v) is 8.12. The summed E-state index contributed by atoms with van der Waals surface area (Å²) < 4.78 is 0. The number of anilines is 1. The molecule has 0 bridgehead atoms. The standard InChI is InChI=1S/C9H16N4O/c10-4-2-1-3-5-11-8-6-9(14)13-7-12-8/h6-7H,1-5,10H2,(H2,11,12,13,14). The Bertz CT molecular complexity index is 310. The fourth-order valence-electron chi connectivity index (χ4n) is 1.13. The quantitative estimate of drug-likeness (QED) is 0.572. The van der Waals surface area contributed by atoms with Crippen molar-refractivity contribution in [1.82, 2.24) is 9.97 Å². The minimum atomic E-state index is -0.135. The van der Waals surface area contributed by atoms with Crippen LogP contribution in [0, 0.1) is 0 Å². The topological polar surface area (TPSA) is 83.8 Å². The van der Waals surface area contributed by atoms with Crippen molar-refractivity contribution in [2.24, 2.45) is 5.73 Å². The number of nitrogens with two attached hydrogens (primary N) is 1. The SMILES string of the molecule is NCCCCCNc1cc(=O)[nH]cn1. The highest BCUT2D eigenvalue weighted by atomic mass is 16.1. The summed E-state index contributed by atoms with van der Waals surface area (Å²) in [5.74, 6) is 0.626. The van der Waals surface area contributed by atoms with Crippen molar-refractivity contribution in [3.8, 4) is 0 Å². The van der Waals surface area contributed by atoms with Crippen LogP contribution in [0.4, 0.5) is 5.82 Å². The third-order valence-electron chi connectivity index (χ3n) is 1.87. The lowest BCUT2D eigenvalue weighted by molar-refractivity contribution is 0.706. The second-order valence-corrected chi connectivity index (χ2v) is 3.07. The van der Waals surface area contributed by atoms with Gasteiger partial charge in [0.1, 0.15) is 5.82 Å². The normalized spacial score (nSPS) is 10.1. The van der Waals surface area contributed by atoms with Gasteiger partial charge in [-0.2, -0.15) is 0 Å². The van der Waals surface area contributed by atoms with E-state index in [-0.39, 0.29) is 5.56 Å². The highest BCUT2D eigenvalue weighted by Crippen LogP contribution is 1.97. The zero-order chi connectivity index (χ0) is 10.2. The van der Waals surface area contributed by atoms with Gasteiger partial charge in [-0.1, -0.05) is 6.42 Å². The molecule has 14 heavy (non-hydrogen) atoms. The van der Waals surface area contributed by atoms with E-state index in [0.29, 0.717) is 5.82 Å². The first kappa shape index (κ1) is 10.7. The molecule has 1 rings (SSSR count). The minimum Gasteiger partial charge on any atom is -0.370 e. The zero-order valence-electron chi connectivity index (χ0n) is 8.12. The van der Waals surface area contributed by atoms with Gasteiger partial charge >= 0.3 is 0 Å². The van der Waals surface area contributed by atoms with Crippen molar-refractivity contribution in [1.29, 1.82) is 0 Å². The predicted octanol–water partition coefficient (Wildman–Crippen LogP) is 0.311. The molecule has 0 atom stereocenters. The number of nitrogens with one attached hydrogen (secondary N) is 2. The van der Waals surface area contributed by atoms with E-state index >= 15 is 0 Å². The van der Waals surface area contributed by atoms with Gasteiger partial charge in [-0.05, 0) is 19.4 Å². The van der Waals surface area contributed by atoms with Gasteiger partial charge in [0.25, 0.3) is 5.56 Å². The molecule has 0 aliphatic carbocycles. The molecule has 1 aromatic heterocycles. The fourth-order valence-corrected chi connectivity index (χ4v) is 1.13. The lowest BCUT2D eigenvalue weighted by Gasteiger charge is -2.03. The molecule has 0 fully saturated rings. The molecule has 4 N–H and O–H groups in total. The first-order valence-corrected chi connectivity index (χ1v) is 4.81. The Balaban J connectivity index is 2.21. The van der Waals surface area contributed by atoms with E-state index < -0.39 is 0 Å². The summed E-state index contributed by atoms with van der Waals surface area (Å²) in [6, 6.07) is 1.45. The Hall–Kier alpha value is -1.36. The Morgan fingerprint density at radius 2 is 2.29 bits per heavy atom. The van der Waals surface area contributed by atoms with E-state index in [9.17, 15) is 4.79 Å². The largest absolute Gasteiger partial charge is 0.370 e. The molecular weight excluding hydrogens is 180 g/mol. The molecule has 5 nitrogen and oxygen atoms in total. The van der Waals surface area contributed by atoms with Gasteiger partial charge in [-0.3, -0.25) is 4.79 Å². The van der Waals surface area contributed by atoms with Crippen LogP contribution in [0.2, 0.25) is 0 Å². The van der Waals surface area contributed by atoms with Gasteiger partial charge in [-0.25, -0.2) is 4.98 Å². The van der Waals surface area contributed by atoms with Gasteiger partial charge in [0, 0.05) is 12.6 Å². The maximum Gasteiger partial charge on any atom is 0.252 e. The summed E-state index contributed by atoms with van der Waals surface area (Å²) in [7, 11) is 0. The van der Waals surface area contributed by atoms with Crippen LogP contribution >= 0.6 is 0 Å². The van der Waals surface area contributed by atoms with Crippen molar-refractivity contribution in [3.05, 3.63) is 22.7 Å². The molecule has 0 aliphatic rings. The van der Waals surface area contributed by atoms with Gasteiger partial charge < -0.3 is 16.0 Å². The van der Waals surface area contributed by atoms with Gasteiger partial charge in [0.05, 0.1) is 6.33 Å². The number of nitrogens with zero attached hydrogens (tertiary/aromatic N) is 1. The summed E-state index contributed by atoms with van der Waals surface area (Å²) in [4.78, 5) is 17.3. The summed E-state index contributed by atoms with van der Waals surface area (Å²) in [5.41, 5.74) is 5.23. The van der Waals surface area contributed by atoms with Crippen molar-refractivity contribution in [3.63, 3.8) is 0 Å². The highest BCUT2D eigenvalue weighted by Gasteiger charge is 1.93. The predicted molar refractivity (Wildman–Crippen MR) is 56.3 cm³/mol. The molecule has 0 aromatic carbocycles. The molecule has 0 saturated heterocycles. The van der Waals surface area contributed by atoms with Gasteiger partial charge in [0.2, 0.25) is 0 Å². The van der Waals surface area contributed by atoms with Crippen LogP contribution in [0.3, 0.4) is 0 Å².